The summed E-state index contributed by atoms with van der Waals surface area (Å²) in [6, 6.07) is 7.70. The fourth-order valence-corrected chi connectivity index (χ4v) is 3.22. The molecule has 1 heterocycles. The molecule has 7 heteroatoms. The van der Waals surface area contributed by atoms with Crippen molar-refractivity contribution < 1.29 is 19.1 Å². The summed E-state index contributed by atoms with van der Waals surface area (Å²) in [5.74, 6) is -0.931. The number of hydrogen-bond donors (Lipinski definition) is 2. The van der Waals surface area contributed by atoms with Crippen LogP contribution in [0.4, 0.5) is 5.69 Å². The van der Waals surface area contributed by atoms with E-state index in [0.29, 0.717) is 35.5 Å². The maximum Gasteiger partial charge on any atom is 0.355 e. The first-order valence-corrected chi connectivity index (χ1v) is 10.1. The lowest BCUT2D eigenvalue weighted by Gasteiger charge is -2.19. The van der Waals surface area contributed by atoms with Crippen LogP contribution in [0, 0.1) is 0 Å². The molecular weight excluding hydrogens is 424 g/mol. The van der Waals surface area contributed by atoms with Crippen LogP contribution < -0.4 is 5.32 Å². The molecular formula is C21H27BrN2O4. The van der Waals surface area contributed by atoms with E-state index in [4.69, 9.17) is 9.47 Å². The number of ether oxygens (including phenoxy) is 2. The summed E-state index contributed by atoms with van der Waals surface area (Å²) in [7, 11) is 0. The number of anilines is 1. The molecule has 6 nitrogen and oxygen atoms in total. The van der Waals surface area contributed by atoms with Crippen LogP contribution in [-0.2, 0) is 22.4 Å². The van der Waals surface area contributed by atoms with E-state index in [0.717, 1.165) is 10.2 Å². The number of hydrogen-bond acceptors (Lipinski definition) is 5. The number of carbonyl (C=O) groups is 2. The van der Waals surface area contributed by atoms with Crippen molar-refractivity contribution in [3.05, 3.63) is 51.3 Å². The molecule has 1 aromatic heterocycles. The molecule has 152 valence electrons. The van der Waals surface area contributed by atoms with E-state index in [1.165, 1.54) is 0 Å². The smallest absolute Gasteiger partial charge is 0.355 e. The lowest BCUT2D eigenvalue weighted by molar-refractivity contribution is 0.00622. The van der Waals surface area contributed by atoms with Crippen molar-refractivity contribution in [2.24, 2.45) is 0 Å². The van der Waals surface area contributed by atoms with Crippen molar-refractivity contribution in [1.29, 1.82) is 0 Å². The van der Waals surface area contributed by atoms with Crippen molar-refractivity contribution in [2.75, 3.05) is 11.9 Å². The van der Waals surface area contributed by atoms with E-state index in [1.54, 1.807) is 27.7 Å². The van der Waals surface area contributed by atoms with Gasteiger partial charge in [-0.25, -0.2) is 9.59 Å². The second-order valence-corrected chi connectivity index (χ2v) is 8.19. The van der Waals surface area contributed by atoms with E-state index in [9.17, 15) is 9.59 Å². The van der Waals surface area contributed by atoms with E-state index >= 15 is 0 Å². The van der Waals surface area contributed by atoms with Gasteiger partial charge in [-0.1, -0.05) is 28.9 Å². The SMILES string of the molecule is CCOC(=O)c1c(CNc2cccc(Br)c2)[nH]c(C(=O)OC(C)(C)C)c1CC. The second-order valence-electron chi connectivity index (χ2n) is 7.27. The molecule has 2 N–H and O–H groups in total. The zero-order chi connectivity index (χ0) is 20.9. The summed E-state index contributed by atoms with van der Waals surface area (Å²) in [5.41, 5.74) is 2.15. The van der Waals surface area contributed by atoms with Gasteiger partial charge < -0.3 is 19.8 Å². The predicted molar refractivity (Wildman–Crippen MR) is 113 cm³/mol. The topological polar surface area (TPSA) is 80.4 Å². The lowest BCUT2D eigenvalue weighted by Crippen LogP contribution is -2.24. The van der Waals surface area contributed by atoms with Gasteiger partial charge in [-0.3, -0.25) is 0 Å². The molecule has 0 unspecified atom stereocenters. The molecule has 0 aliphatic heterocycles. The van der Waals surface area contributed by atoms with Crippen LogP contribution in [0.25, 0.3) is 0 Å². The van der Waals surface area contributed by atoms with Crippen molar-refractivity contribution in [1.82, 2.24) is 4.98 Å². The average molecular weight is 451 g/mol. The summed E-state index contributed by atoms with van der Waals surface area (Å²) >= 11 is 3.44. The third-order valence-electron chi connectivity index (χ3n) is 3.91. The van der Waals surface area contributed by atoms with Crippen LogP contribution in [0.15, 0.2) is 28.7 Å². The number of nitrogens with one attached hydrogen (secondary N) is 2. The molecule has 2 aromatic rings. The summed E-state index contributed by atoms with van der Waals surface area (Å²) in [4.78, 5) is 28.4. The van der Waals surface area contributed by atoms with Crippen LogP contribution in [0.3, 0.4) is 0 Å². The van der Waals surface area contributed by atoms with Gasteiger partial charge in [0.15, 0.2) is 0 Å². The number of aromatic amines is 1. The summed E-state index contributed by atoms with van der Waals surface area (Å²) in [5, 5.41) is 3.27. The average Bonchev–Trinajstić information content (AvgIpc) is 2.97. The first kappa shape index (κ1) is 22.0. The molecule has 0 saturated heterocycles. The first-order chi connectivity index (χ1) is 13.2. The van der Waals surface area contributed by atoms with E-state index in [1.807, 2.05) is 31.2 Å². The Kier molecular flexibility index (Phi) is 7.29. The van der Waals surface area contributed by atoms with Gasteiger partial charge in [-0.15, -0.1) is 0 Å². The number of halogens is 1. The number of aromatic nitrogens is 1. The normalized spacial score (nSPS) is 11.2. The number of H-pyrrole nitrogens is 1. The highest BCUT2D eigenvalue weighted by atomic mass is 79.9. The number of esters is 2. The van der Waals surface area contributed by atoms with Crippen LogP contribution in [0.1, 0.15) is 66.7 Å². The predicted octanol–water partition coefficient (Wildman–Crippen LogP) is 5.08. The number of benzene rings is 1. The highest BCUT2D eigenvalue weighted by molar-refractivity contribution is 9.10. The van der Waals surface area contributed by atoms with Gasteiger partial charge in [0, 0.05) is 15.9 Å². The molecule has 0 radical (unpaired) electrons. The molecule has 28 heavy (non-hydrogen) atoms. The lowest BCUT2D eigenvalue weighted by atomic mass is 10.1. The Hall–Kier alpha value is -2.28. The summed E-state index contributed by atoms with van der Waals surface area (Å²) < 4.78 is 11.7. The van der Waals surface area contributed by atoms with Crippen molar-refractivity contribution >= 4 is 33.6 Å². The fraction of sp³-hybridized carbons (Fsp3) is 0.429. The molecule has 1 aromatic carbocycles. The molecule has 0 saturated carbocycles. The molecule has 0 spiro atoms. The Bertz CT molecular complexity index is 853. The van der Waals surface area contributed by atoms with Crippen molar-refractivity contribution in [3.8, 4) is 0 Å². The van der Waals surface area contributed by atoms with Gasteiger partial charge in [0.1, 0.15) is 11.3 Å². The molecule has 0 fully saturated rings. The van der Waals surface area contributed by atoms with Crippen molar-refractivity contribution in [2.45, 2.75) is 53.2 Å². The van der Waals surface area contributed by atoms with Crippen LogP contribution in [-0.4, -0.2) is 29.1 Å². The zero-order valence-electron chi connectivity index (χ0n) is 16.9. The number of carbonyl (C=O) groups excluding carboxylic acids is 2. The standard InChI is InChI=1S/C21H27BrN2O4/c1-6-15-17(19(25)27-7-2)16(12-23-14-10-8-9-13(22)11-14)24-18(15)20(26)28-21(3,4)5/h8-11,23-24H,6-7,12H2,1-5H3. The first-order valence-electron chi connectivity index (χ1n) is 9.29. The molecule has 0 bridgehead atoms. The van der Waals surface area contributed by atoms with E-state index < -0.39 is 17.5 Å². The quantitative estimate of drug-likeness (QED) is 0.574. The van der Waals surface area contributed by atoms with Gasteiger partial charge in [0.25, 0.3) is 0 Å². The molecule has 0 amide bonds. The van der Waals surface area contributed by atoms with Gasteiger partial charge >= 0.3 is 11.9 Å². The van der Waals surface area contributed by atoms with E-state index in [-0.39, 0.29) is 6.61 Å². The molecule has 0 aliphatic carbocycles. The van der Waals surface area contributed by atoms with Crippen LogP contribution in [0.5, 0.6) is 0 Å². The van der Waals surface area contributed by atoms with E-state index in [2.05, 4.69) is 26.2 Å². The van der Waals surface area contributed by atoms with Crippen LogP contribution in [0.2, 0.25) is 0 Å². The van der Waals surface area contributed by atoms with Gasteiger partial charge in [-0.05, 0) is 57.9 Å². The summed E-state index contributed by atoms with van der Waals surface area (Å²) in [6.07, 6.45) is 0.496. The van der Waals surface area contributed by atoms with Crippen LogP contribution >= 0.6 is 15.9 Å². The highest BCUT2D eigenvalue weighted by Crippen LogP contribution is 2.25. The van der Waals surface area contributed by atoms with Gasteiger partial charge in [-0.2, -0.15) is 0 Å². The zero-order valence-corrected chi connectivity index (χ0v) is 18.5. The Labute approximate surface area is 174 Å². The number of rotatable bonds is 7. The molecule has 2 rings (SSSR count). The molecule has 0 aliphatic rings. The maximum absolute atomic E-state index is 12.7. The Morgan fingerprint density at radius 1 is 1.18 bits per heavy atom. The fourth-order valence-electron chi connectivity index (χ4n) is 2.82. The summed E-state index contributed by atoms with van der Waals surface area (Å²) in [6.45, 7) is 9.66. The highest BCUT2D eigenvalue weighted by Gasteiger charge is 2.29. The van der Waals surface area contributed by atoms with Crippen molar-refractivity contribution in [3.63, 3.8) is 0 Å². The Morgan fingerprint density at radius 2 is 1.89 bits per heavy atom. The minimum atomic E-state index is -0.633. The van der Waals surface area contributed by atoms with Gasteiger partial charge in [0.2, 0.25) is 0 Å². The van der Waals surface area contributed by atoms with Gasteiger partial charge in [0.05, 0.1) is 18.7 Å². The Balaban J connectivity index is 2.41. The monoisotopic (exact) mass is 450 g/mol. The second kappa shape index (κ2) is 9.28. The third-order valence-corrected chi connectivity index (χ3v) is 4.40. The third kappa shape index (κ3) is 5.61. The minimum absolute atomic E-state index is 0.257. The minimum Gasteiger partial charge on any atom is -0.462 e. The largest absolute Gasteiger partial charge is 0.462 e. The maximum atomic E-state index is 12.7. The molecule has 0 atom stereocenters. The Morgan fingerprint density at radius 3 is 2.46 bits per heavy atom.